The van der Waals surface area contributed by atoms with E-state index in [1.54, 1.807) is 0 Å². The van der Waals surface area contributed by atoms with Crippen LogP contribution < -0.4 is 5.32 Å². The highest BCUT2D eigenvalue weighted by Gasteiger charge is 2.36. The quantitative estimate of drug-likeness (QED) is 0.785. The Kier molecular flexibility index (Phi) is 5.76. The van der Waals surface area contributed by atoms with E-state index in [9.17, 15) is 4.79 Å². The second kappa shape index (κ2) is 7.57. The first-order valence-electron chi connectivity index (χ1n) is 7.84. The van der Waals surface area contributed by atoms with Crippen molar-refractivity contribution in [1.29, 1.82) is 0 Å². The van der Waals surface area contributed by atoms with Crippen molar-refractivity contribution in [3.63, 3.8) is 0 Å². The lowest BCUT2D eigenvalue weighted by Gasteiger charge is -2.24. The maximum atomic E-state index is 12.3. The molecule has 1 amide bonds. The number of rotatable bonds is 7. The zero-order valence-corrected chi connectivity index (χ0v) is 13.3. The van der Waals surface area contributed by atoms with Gasteiger partial charge in [0.15, 0.2) is 0 Å². The van der Waals surface area contributed by atoms with Crippen LogP contribution in [0.3, 0.4) is 0 Å². The monoisotopic (exact) mass is 290 g/mol. The first-order valence-corrected chi connectivity index (χ1v) is 7.84. The molecule has 116 valence electrons. The topological polar surface area (TPSA) is 41.6 Å². The molecule has 1 aliphatic rings. The standard InChI is InChI=1S/C17H26N2O2/c1-4-11-21-12-5-10-19-16(18-14(3)17(19)20)15-8-6-13(2)7-9-15/h6-9,14,16,18H,4-5,10-12H2,1-3H3. The summed E-state index contributed by atoms with van der Waals surface area (Å²) in [5.74, 6) is 0.177. The second-order valence-corrected chi connectivity index (χ2v) is 5.70. The number of ether oxygens (including phenoxy) is 1. The molecule has 2 rings (SSSR count). The number of carbonyl (C=O) groups is 1. The molecule has 0 aromatic heterocycles. The summed E-state index contributed by atoms with van der Waals surface area (Å²) < 4.78 is 5.50. The molecule has 0 bridgehead atoms. The Morgan fingerprint density at radius 2 is 1.95 bits per heavy atom. The number of nitrogens with zero attached hydrogens (tertiary/aromatic N) is 1. The molecule has 2 unspecified atom stereocenters. The van der Waals surface area contributed by atoms with Crippen LogP contribution in [0.2, 0.25) is 0 Å². The van der Waals surface area contributed by atoms with Gasteiger partial charge in [0.05, 0.1) is 6.04 Å². The SMILES string of the molecule is CCCOCCCN1C(=O)C(C)NC1c1ccc(C)cc1. The number of hydrogen-bond donors (Lipinski definition) is 1. The molecular weight excluding hydrogens is 264 g/mol. The molecule has 1 aliphatic heterocycles. The molecule has 1 fully saturated rings. The van der Waals surface area contributed by atoms with E-state index in [1.807, 2.05) is 11.8 Å². The van der Waals surface area contributed by atoms with E-state index >= 15 is 0 Å². The van der Waals surface area contributed by atoms with Crippen LogP contribution in [0.25, 0.3) is 0 Å². The van der Waals surface area contributed by atoms with Crippen LogP contribution >= 0.6 is 0 Å². The number of benzene rings is 1. The van der Waals surface area contributed by atoms with Crippen LogP contribution in [-0.4, -0.2) is 36.6 Å². The third kappa shape index (κ3) is 4.05. The second-order valence-electron chi connectivity index (χ2n) is 5.70. The highest BCUT2D eigenvalue weighted by atomic mass is 16.5. The molecule has 1 heterocycles. The Morgan fingerprint density at radius 1 is 1.24 bits per heavy atom. The van der Waals surface area contributed by atoms with Gasteiger partial charge in [0.2, 0.25) is 5.91 Å². The van der Waals surface area contributed by atoms with Gasteiger partial charge in [-0.15, -0.1) is 0 Å². The third-order valence-electron chi connectivity index (χ3n) is 3.80. The van der Waals surface area contributed by atoms with Crippen molar-refractivity contribution >= 4 is 5.91 Å². The molecule has 0 spiro atoms. The van der Waals surface area contributed by atoms with Gasteiger partial charge in [0, 0.05) is 19.8 Å². The van der Waals surface area contributed by atoms with Gasteiger partial charge in [-0.3, -0.25) is 10.1 Å². The molecular formula is C17H26N2O2. The Balaban J connectivity index is 1.98. The van der Waals surface area contributed by atoms with Crippen molar-refractivity contribution in [2.45, 2.75) is 45.8 Å². The molecule has 1 saturated heterocycles. The van der Waals surface area contributed by atoms with E-state index in [4.69, 9.17) is 4.74 Å². The Bertz CT molecular complexity index is 458. The van der Waals surface area contributed by atoms with Crippen LogP contribution in [0.15, 0.2) is 24.3 Å². The van der Waals surface area contributed by atoms with Gasteiger partial charge in [0.25, 0.3) is 0 Å². The average Bonchev–Trinajstić information content (AvgIpc) is 2.76. The minimum Gasteiger partial charge on any atom is -0.381 e. The van der Waals surface area contributed by atoms with Gasteiger partial charge in [-0.25, -0.2) is 0 Å². The van der Waals surface area contributed by atoms with Crippen LogP contribution in [0.5, 0.6) is 0 Å². The maximum absolute atomic E-state index is 12.3. The summed E-state index contributed by atoms with van der Waals surface area (Å²) in [5.41, 5.74) is 2.38. The van der Waals surface area contributed by atoms with Crippen molar-refractivity contribution in [2.24, 2.45) is 0 Å². The molecule has 4 nitrogen and oxygen atoms in total. The smallest absolute Gasteiger partial charge is 0.241 e. The number of aryl methyl sites for hydroxylation is 1. The van der Waals surface area contributed by atoms with Crippen molar-refractivity contribution < 1.29 is 9.53 Å². The van der Waals surface area contributed by atoms with Crippen molar-refractivity contribution in [2.75, 3.05) is 19.8 Å². The van der Waals surface area contributed by atoms with E-state index in [-0.39, 0.29) is 18.1 Å². The molecule has 4 heteroatoms. The van der Waals surface area contributed by atoms with Crippen molar-refractivity contribution in [1.82, 2.24) is 10.2 Å². The maximum Gasteiger partial charge on any atom is 0.241 e. The fourth-order valence-electron chi connectivity index (χ4n) is 2.62. The summed E-state index contributed by atoms with van der Waals surface area (Å²) in [6, 6.07) is 8.26. The van der Waals surface area contributed by atoms with Crippen LogP contribution in [-0.2, 0) is 9.53 Å². The summed E-state index contributed by atoms with van der Waals surface area (Å²) in [6.07, 6.45) is 1.90. The van der Waals surface area contributed by atoms with E-state index in [0.29, 0.717) is 6.61 Å². The molecule has 1 aromatic carbocycles. The van der Waals surface area contributed by atoms with Gasteiger partial charge in [-0.05, 0) is 32.3 Å². The lowest BCUT2D eigenvalue weighted by Crippen LogP contribution is -2.32. The summed E-state index contributed by atoms with van der Waals surface area (Å²) in [4.78, 5) is 14.2. The van der Waals surface area contributed by atoms with E-state index in [1.165, 1.54) is 5.56 Å². The van der Waals surface area contributed by atoms with Gasteiger partial charge < -0.3 is 9.64 Å². The third-order valence-corrected chi connectivity index (χ3v) is 3.80. The number of nitrogens with one attached hydrogen (secondary N) is 1. The van der Waals surface area contributed by atoms with E-state index in [2.05, 4.69) is 43.4 Å². The fraction of sp³-hybridized carbons (Fsp3) is 0.588. The van der Waals surface area contributed by atoms with Crippen LogP contribution in [0.4, 0.5) is 0 Å². The van der Waals surface area contributed by atoms with Gasteiger partial charge in [-0.2, -0.15) is 0 Å². The van der Waals surface area contributed by atoms with Crippen molar-refractivity contribution in [3.8, 4) is 0 Å². The summed E-state index contributed by atoms with van der Waals surface area (Å²) >= 11 is 0. The molecule has 21 heavy (non-hydrogen) atoms. The predicted octanol–water partition coefficient (Wildman–Crippen LogP) is 2.63. The zero-order valence-electron chi connectivity index (χ0n) is 13.3. The molecule has 1 N–H and O–H groups in total. The largest absolute Gasteiger partial charge is 0.381 e. The van der Waals surface area contributed by atoms with E-state index in [0.717, 1.165) is 31.6 Å². The summed E-state index contributed by atoms with van der Waals surface area (Å²) in [5, 5.41) is 3.38. The highest BCUT2D eigenvalue weighted by Crippen LogP contribution is 2.25. The number of hydrogen-bond acceptors (Lipinski definition) is 3. The average molecular weight is 290 g/mol. The number of carbonyl (C=O) groups excluding carboxylic acids is 1. The first kappa shape index (κ1) is 16.0. The molecule has 2 atom stereocenters. The molecule has 0 saturated carbocycles. The molecule has 1 aromatic rings. The highest BCUT2D eigenvalue weighted by molar-refractivity contribution is 5.84. The minimum absolute atomic E-state index is 0.0146. The summed E-state index contributed by atoms with van der Waals surface area (Å²) in [7, 11) is 0. The zero-order chi connectivity index (χ0) is 15.2. The minimum atomic E-state index is -0.118. The lowest BCUT2D eigenvalue weighted by atomic mass is 10.1. The van der Waals surface area contributed by atoms with Gasteiger partial charge in [-0.1, -0.05) is 36.8 Å². The lowest BCUT2D eigenvalue weighted by molar-refractivity contribution is -0.130. The number of amides is 1. The van der Waals surface area contributed by atoms with Gasteiger partial charge in [0.1, 0.15) is 6.17 Å². The summed E-state index contributed by atoms with van der Waals surface area (Å²) in [6.45, 7) is 8.34. The van der Waals surface area contributed by atoms with Crippen molar-refractivity contribution in [3.05, 3.63) is 35.4 Å². The van der Waals surface area contributed by atoms with Gasteiger partial charge >= 0.3 is 0 Å². The first-order chi connectivity index (χ1) is 10.1. The normalized spacial score (nSPS) is 22.0. The molecule has 0 aliphatic carbocycles. The Morgan fingerprint density at radius 3 is 2.62 bits per heavy atom. The van der Waals surface area contributed by atoms with Crippen LogP contribution in [0, 0.1) is 6.92 Å². The van der Waals surface area contributed by atoms with Crippen LogP contribution in [0.1, 0.15) is 44.0 Å². The predicted molar refractivity (Wildman–Crippen MR) is 84.0 cm³/mol. The fourth-order valence-corrected chi connectivity index (χ4v) is 2.62. The Hall–Kier alpha value is -1.39. The Labute approximate surface area is 127 Å². The molecule has 0 radical (unpaired) electrons. The van der Waals surface area contributed by atoms with E-state index < -0.39 is 0 Å².